The van der Waals surface area contributed by atoms with Crippen molar-refractivity contribution in [1.29, 1.82) is 0 Å². The molecule has 0 spiro atoms. The number of rotatable bonds is 7. The van der Waals surface area contributed by atoms with Crippen molar-refractivity contribution < 1.29 is 19.1 Å². The molecule has 0 saturated heterocycles. The fourth-order valence-corrected chi connectivity index (χ4v) is 2.77. The first-order chi connectivity index (χ1) is 14.0. The Balaban J connectivity index is 1.73. The molecule has 0 fully saturated rings. The Labute approximate surface area is 173 Å². The zero-order valence-electron chi connectivity index (χ0n) is 15.6. The fraction of sp³-hybridized carbons (Fsp3) is 0.0909. The molecule has 0 aromatic heterocycles. The van der Waals surface area contributed by atoms with Gasteiger partial charge in [-0.25, -0.2) is 0 Å². The molecule has 0 atom stereocenters. The van der Waals surface area contributed by atoms with Crippen LogP contribution in [-0.2, 0) is 6.61 Å². The summed E-state index contributed by atoms with van der Waals surface area (Å²) in [6.45, 7) is 0.221. The Morgan fingerprint density at radius 1 is 0.966 bits per heavy atom. The molecule has 3 rings (SSSR count). The normalized spacial score (nSPS) is 10.3. The number of halogens is 1. The number of nitrogens with two attached hydrogens (primary N) is 1. The first kappa shape index (κ1) is 20.2. The van der Waals surface area contributed by atoms with E-state index in [1.54, 1.807) is 73.8 Å². The van der Waals surface area contributed by atoms with Gasteiger partial charge in [-0.3, -0.25) is 9.59 Å². The van der Waals surface area contributed by atoms with E-state index in [-0.39, 0.29) is 12.5 Å². The molecule has 7 heteroatoms. The predicted octanol–water partition coefficient (Wildman–Crippen LogP) is 4.28. The number of hydrogen-bond donors (Lipinski definition) is 2. The van der Waals surface area contributed by atoms with Gasteiger partial charge in [-0.2, -0.15) is 0 Å². The van der Waals surface area contributed by atoms with Gasteiger partial charge in [0, 0.05) is 27.4 Å². The van der Waals surface area contributed by atoms with Gasteiger partial charge in [0.05, 0.1) is 7.11 Å². The zero-order chi connectivity index (χ0) is 20.8. The molecule has 0 radical (unpaired) electrons. The summed E-state index contributed by atoms with van der Waals surface area (Å²) >= 11 is 5.88. The quantitative estimate of drug-likeness (QED) is 0.608. The van der Waals surface area contributed by atoms with E-state index in [4.69, 9.17) is 26.8 Å². The third-order valence-electron chi connectivity index (χ3n) is 4.18. The predicted molar refractivity (Wildman–Crippen MR) is 112 cm³/mol. The van der Waals surface area contributed by atoms with Crippen molar-refractivity contribution in [2.45, 2.75) is 6.61 Å². The van der Waals surface area contributed by atoms with Crippen LogP contribution in [0, 0.1) is 0 Å². The maximum atomic E-state index is 12.6. The van der Waals surface area contributed by atoms with E-state index in [1.807, 2.05) is 0 Å². The minimum atomic E-state index is -0.525. The highest BCUT2D eigenvalue weighted by Crippen LogP contribution is 2.24. The van der Waals surface area contributed by atoms with E-state index in [1.165, 1.54) is 0 Å². The average molecular weight is 411 g/mol. The molecule has 0 heterocycles. The van der Waals surface area contributed by atoms with E-state index in [0.717, 1.165) is 5.56 Å². The Bertz CT molecular complexity index is 1020. The van der Waals surface area contributed by atoms with E-state index in [9.17, 15) is 9.59 Å². The summed E-state index contributed by atoms with van der Waals surface area (Å²) in [6.07, 6.45) is 0. The van der Waals surface area contributed by atoms with Crippen molar-refractivity contribution in [1.82, 2.24) is 0 Å². The van der Waals surface area contributed by atoms with Crippen molar-refractivity contribution in [3.05, 3.63) is 88.4 Å². The Hall–Kier alpha value is -3.51. The largest absolute Gasteiger partial charge is 0.496 e. The molecule has 0 unspecified atom stereocenters. The lowest BCUT2D eigenvalue weighted by Crippen LogP contribution is -2.14. The van der Waals surface area contributed by atoms with Crippen molar-refractivity contribution >= 4 is 29.1 Å². The molecular weight excluding hydrogens is 392 g/mol. The number of benzene rings is 3. The molecular formula is C22H19ClN2O4. The first-order valence-corrected chi connectivity index (χ1v) is 9.10. The lowest BCUT2D eigenvalue weighted by Gasteiger charge is -2.12. The number of hydrogen-bond acceptors (Lipinski definition) is 4. The zero-order valence-corrected chi connectivity index (χ0v) is 16.4. The van der Waals surface area contributed by atoms with E-state index in [0.29, 0.717) is 33.3 Å². The van der Waals surface area contributed by atoms with Crippen LogP contribution in [0.5, 0.6) is 11.5 Å². The minimum absolute atomic E-state index is 0.221. The van der Waals surface area contributed by atoms with Crippen molar-refractivity contribution in [3.63, 3.8) is 0 Å². The van der Waals surface area contributed by atoms with Crippen LogP contribution in [-0.4, -0.2) is 18.9 Å². The second kappa shape index (κ2) is 9.12. The van der Waals surface area contributed by atoms with Gasteiger partial charge in [0.2, 0.25) is 5.91 Å². The monoisotopic (exact) mass is 410 g/mol. The molecule has 0 aliphatic rings. The van der Waals surface area contributed by atoms with Gasteiger partial charge in [0.1, 0.15) is 18.1 Å². The molecule has 0 saturated carbocycles. The summed E-state index contributed by atoms with van der Waals surface area (Å²) in [4.78, 5) is 23.7. The maximum absolute atomic E-state index is 12.6. The molecule has 148 valence electrons. The Morgan fingerprint density at radius 2 is 1.62 bits per heavy atom. The second-order valence-corrected chi connectivity index (χ2v) is 6.60. The van der Waals surface area contributed by atoms with Crippen molar-refractivity contribution in [3.8, 4) is 11.5 Å². The average Bonchev–Trinajstić information content (AvgIpc) is 2.73. The molecule has 3 aromatic rings. The summed E-state index contributed by atoms with van der Waals surface area (Å²) in [5.41, 5.74) is 7.31. The third-order valence-corrected chi connectivity index (χ3v) is 4.43. The van der Waals surface area contributed by atoms with Gasteiger partial charge in [0.15, 0.2) is 0 Å². The summed E-state index contributed by atoms with van der Waals surface area (Å²) in [5, 5.41) is 3.40. The summed E-state index contributed by atoms with van der Waals surface area (Å²) < 4.78 is 11.1. The number of carbonyl (C=O) groups is 2. The summed E-state index contributed by atoms with van der Waals surface area (Å²) in [6, 6.07) is 18.4. The minimum Gasteiger partial charge on any atom is -0.496 e. The van der Waals surface area contributed by atoms with Crippen LogP contribution in [0.2, 0.25) is 5.02 Å². The molecule has 0 aliphatic heterocycles. The van der Waals surface area contributed by atoms with E-state index < -0.39 is 5.91 Å². The molecule has 3 aromatic carbocycles. The van der Waals surface area contributed by atoms with Crippen LogP contribution < -0.4 is 20.5 Å². The highest BCUT2D eigenvalue weighted by molar-refractivity contribution is 6.30. The molecule has 0 aliphatic carbocycles. The fourth-order valence-electron chi connectivity index (χ4n) is 2.65. The van der Waals surface area contributed by atoms with Gasteiger partial charge in [-0.05, 0) is 66.7 Å². The first-order valence-electron chi connectivity index (χ1n) is 8.73. The third kappa shape index (κ3) is 5.27. The molecule has 29 heavy (non-hydrogen) atoms. The topological polar surface area (TPSA) is 90.6 Å². The standard InChI is InChI=1S/C22H19ClN2O4/c1-28-20-11-4-15(12-16(20)13-29-19-9-5-17(23)6-10-19)22(27)25-18-7-2-14(3-8-18)21(24)26/h2-12H,13H2,1H3,(H2,24,26)(H,25,27). The second-order valence-electron chi connectivity index (χ2n) is 6.16. The smallest absolute Gasteiger partial charge is 0.255 e. The van der Waals surface area contributed by atoms with Gasteiger partial charge in [-0.15, -0.1) is 0 Å². The SMILES string of the molecule is COc1ccc(C(=O)Nc2ccc(C(N)=O)cc2)cc1COc1ccc(Cl)cc1. The number of methoxy groups -OCH3 is 1. The lowest BCUT2D eigenvalue weighted by molar-refractivity contribution is 0.0998. The molecule has 2 amide bonds. The highest BCUT2D eigenvalue weighted by Gasteiger charge is 2.12. The number of amides is 2. The number of carbonyl (C=O) groups excluding carboxylic acids is 2. The van der Waals surface area contributed by atoms with Gasteiger partial charge in [-0.1, -0.05) is 11.6 Å². The van der Waals surface area contributed by atoms with Gasteiger partial charge < -0.3 is 20.5 Å². The number of primary amides is 1. The summed E-state index contributed by atoms with van der Waals surface area (Å²) in [5.74, 6) is 0.442. The van der Waals surface area contributed by atoms with Crippen LogP contribution >= 0.6 is 11.6 Å². The van der Waals surface area contributed by atoms with Crippen LogP contribution in [0.3, 0.4) is 0 Å². The van der Waals surface area contributed by atoms with E-state index >= 15 is 0 Å². The summed E-state index contributed by atoms with van der Waals surface area (Å²) in [7, 11) is 1.56. The Morgan fingerprint density at radius 3 is 2.24 bits per heavy atom. The van der Waals surface area contributed by atoms with Gasteiger partial charge >= 0.3 is 0 Å². The molecule has 3 N–H and O–H groups in total. The lowest BCUT2D eigenvalue weighted by atomic mass is 10.1. The number of anilines is 1. The number of ether oxygens (including phenoxy) is 2. The van der Waals surface area contributed by atoms with Crippen LogP contribution in [0.15, 0.2) is 66.7 Å². The van der Waals surface area contributed by atoms with Crippen molar-refractivity contribution in [2.75, 3.05) is 12.4 Å². The van der Waals surface area contributed by atoms with Crippen LogP contribution in [0.4, 0.5) is 5.69 Å². The molecule has 6 nitrogen and oxygen atoms in total. The van der Waals surface area contributed by atoms with Crippen LogP contribution in [0.25, 0.3) is 0 Å². The maximum Gasteiger partial charge on any atom is 0.255 e. The van der Waals surface area contributed by atoms with E-state index in [2.05, 4.69) is 5.32 Å². The molecule has 0 bridgehead atoms. The van der Waals surface area contributed by atoms with Crippen LogP contribution in [0.1, 0.15) is 26.3 Å². The van der Waals surface area contributed by atoms with Crippen molar-refractivity contribution in [2.24, 2.45) is 5.73 Å². The highest BCUT2D eigenvalue weighted by atomic mass is 35.5. The Kier molecular flexibility index (Phi) is 6.36. The van der Waals surface area contributed by atoms with Gasteiger partial charge in [0.25, 0.3) is 5.91 Å². The number of nitrogens with one attached hydrogen (secondary N) is 1.